The number of amides is 1. The van der Waals surface area contributed by atoms with Crippen LogP contribution in [-0.2, 0) is 0 Å². The van der Waals surface area contributed by atoms with Gasteiger partial charge in [0.2, 0.25) is 0 Å². The van der Waals surface area contributed by atoms with Gasteiger partial charge in [-0.3, -0.25) is 9.89 Å². The molecule has 1 aliphatic heterocycles. The molecule has 0 bridgehead atoms. The monoisotopic (exact) mass is 438 g/mol. The molecule has 160 valence electrons. The fraction of sp³-hybridized carbons (Fsp3) is 0.333. The fourth-order valence-electron chi connectivity index (χ4n) is 4.45. The molecule has 1 unspecified atom stereocenters. The van der Waals surface area contributed by atoms with E-state index >= 15 is 0 Å². The summed E-state index contributed by atoms with van der Waals surface area (Å²) in [4.78, 5) is 19.8. The quantitative estimate of drug-likeness (QED) is 0.450. The molecule has 1 aromatic carbocycles. The summed E-state index contributed by atoms with van der Waals surface area (Å²) in [7, 11) is 0. The van der Waals surface area contributed by atoms with E-state index in [9.17, 15) is 4.79 Å². The number of H-pyrrole nitrogens is 1. The highest BCUT2D eigenvalue weighted by atomic mass is 35.5. The second-order valence-electron chi connectivity index (χ2n) is 7.98. The Balaban J connectivity index is 1.56. The zero-order valence-corrected chi connectivity index (χ0v) is 18.0. The number of hydrogen-bond donors (Lipinski definition) is 3. The molecule has 5 rings (SSSR count). The lowest BCUT2D eigenvalue weighted by Gasteiger charge is -2.29. The maximum absolute atomic E-state index is 13.2. The first-order chi connectivity index (χ1) is 15.0. The van der Waals surface area contributed by atoms with Crippen molar-refractivity contribution in [2.24, 2.45) is 0 Å². The largest absolute Gasteiger partial charge is 0.381 e. The van der Waals surface area contributed by atoms with Crippen LogP contribution in [0.2, 0.25) is 5.02 Å². The van der Waals surface area contributed by atoms with Gasteiger partial charge >= 0.3 is 0 Å². The molecule has 3 aromatic heterocycles. The maximum Gasteiger partial charge on any atom is 0.259 e. The normalized spacial score (nSPS) is 17.5. The number of anilines is 2. The first-order valence-corrected chi connectivity index (χ1v) is 10.6. The molecule has 0 spiro atoms. The van der Waals surface area contributed by atoms with Gasteiger partial charge in [-0.2, -0.15) is 5.10 Å². The van der Waals surface area contributed by atoms with Crippen molar-refractivity contribution in [1.82, 2.24) is 30.1 Å². The molecular formula is C21H23ClN8O. The Kier molecular flexibility index (Phi) is 4.70. The zero-order chi connectivity index (χ0) is 21.7. The maximum atomic E-state index is 13.2. The molecule has 1 fully saturated rings. The molecule has 0 aliphatic carbocycles. The van der Waals surface area contributed by atoms with Gasteiger partial charge in [-0.05, 0) is 38.8 Å². The van der Waals surface area contributed by atoms with E-state index in [1.807, 2.05) is 13.0 Å². The van der Waals surface area contributed by atoms with Gasteiger partial charge < -0.3 is 16.0 Å². The molecule has 31 heavy (non-hydrogen) atoms. The van der Waals surface area contributed by atoms with Gasteiger partial charge in [-0.15, -0.1) is 5.10 Å². The van der Waals surface area contributed by atoms with Crippen molar-refractivity contribution in [2.75, 3.05) is 17.2 Å². The molecule has 4 N–H and O–H groups in total. The topological polar surface area (TPSA) is 117 Å². The SMILES string of the molecule is CC(NC(=O)c1c(N)nn2cccnc12)c1cc(Cl)c2cn[nH]c2c1N1CCC[C@@H]1C. The van der Waals surface area contributed by atoms with Crippen LogP contribution in [0.3, 0.4) is 0 Å². The first kappa shape index (κ1) is 19.6. The van der Waals surface area contributed by atoms with E-state index in [4.69, 9.17) is 17.3 Å². The number of nitrogens with one attached hydrogen (secondary N) is 2. The van der Waals surface area contributed by atoms with Crippen molar-refractivity contribution >= 4 is 45.6 Å². The highest BCUT2D eigenvalue weighted by molar-refractivity contribution is 6.36. The zero-order valence-electron chi connectivity index (χ0n) is 17.3. The molecule has 1 amide bonds. The van der Waals surface area contributed by atoms with Gasteiger partial charge in [0.05, 0.1) is 28.5 Å². The van der Waals surface area contributed by atoms with Gasteiger partial charge in [0.15, 0.2) is 11.5 Å². The third-order valence-corrected chi connectivity index (χ3v) is 6.31. The van der Waals surface area contributed by atoms with Crippen molar-refractivity contribution in [3.63, 3.8) is 0 Å². The summed E-state index contributed by atoms with van der Waals surface area (Å²) in [6, 6.07) is 3.70. The van der Waals surface area contributed by atoms with E-state index < -0.39 is 0 Å². The minimum Gasteiger partial charge on any atom is -0.381 e. The predicted molar refractivity (Wildman–Crippen MR) is 120 cm³/mol. The number of rotatable bonds is 4. The molecule has 2 atom stereocenters. The molecular weight excluding hydrogens is 416 g/mol. The summed E-state index contributed by atoms with van der Waals surface area (Å²) in [5.74, 6) is -0.196. The average Bonchev–Trinajstić information content (AvgIpc) is 3.45. The van der Waals surface area contributed by atoms with Crippen LogP contribution >= 0.6 is 11.6 Å². The number of benzene rings is 1. The Bertz CT molecular complexity index is 1300. The number of nitrogens with zero attached hydrogens (tertiary/aromatic N) is 5. The highest BCUT2D eigenvalue weighted by Gasteiger charge is 2.29. The minimum atomic E-state index is -0.335. The number of fused-ring (bicyclic) bond motifs is 2. The smallest absolute Gasteiger partial charge is 0.259 e. The Morgan fingerprint density at radius 1 is 1.45 bits per heavy atom. The summed E-state index contributed by atoms with van der Waals surface area (Å²) < 4.78 is 1.50. The third-order valence-electron chi connectivity index (χ3n) is 5.99. The number of carbonyl (C=O) groups is 1. The highest BCUT2D eigenvalue weighted by Crippen LogP contribution is 2.40. The van der Waals surface area contributed by atoms with Gasteiger partial charge in [-0.1, -0.05) is 11.6 Å². The number of aromatic nitrogens is 5. The fourth-order valence-corrected chi connectivity index (χ4v) is 4.71. The molecule has 4 aromatic rings. The number of nitrogens with two attached hydrogens (primary N) is 1. The second-order valence-corrected chi connectivity index (χ2v) is 8.39. The Morgan fingerprint density at radius 3 is 3.06 bits per heavy atom. The van der Waals surface area contributed by atoms with E-state index in [0.717, 1.165) is 41.5 Å². The van der Waals surface area contributed by atoms with E-state index in [1.165, 1.54) is 4.52 Å². The number of halogens is 1. The van der Waals surface area contributed by atoms with Crippen molar-refractivity contribution < 1.29 is 4.79 Å². The molecule has 0 radical (unpaired) electrons. The van der Waals surface area contributed by atoms with Crippen molar-refractivity contribution in [3.05, 3.63) is 46.9 Å². The predicted octanol–water partition coefficient (Wildman–Crippen LogP) is 3.32. The standard InChI is InChI=1S/C21H23ClN8O/c1-11-5-3-7-29(11)18-13(9-15(22)14-10-25-27-17(14)18)12(2)26-21(31)16-19(23)28-30-8-4-6-24-20(16)30/h4,6,8-12H,3,5,7H2,1-2H3,(H2,23,28)(H,25,27)(H,26,31)/t11-,12?/m0/s1. The van der Waals surface area contributed by atoms with Crippen LogP contribution in [0.5, 0.6) is 0 Å². The van der Waals surface area contributed by atoms with Crippen LogP contribution in [0.15, 0.2) is 30.7 Å². The Hall–Kier alpha value is -3.33. The lowest BCUT2D eigenvalue weighted by Crippen LogP contribution is -2.32. The van der Waals surface area contributed by atoms with Crippen LogP contribution < -0.4 is 16.0 Å². The van der Waals surface area contributed by atoms with Crippen LogP contribution in [0.25, 0.3) is 16.6 Å². The molecule has 4 heterocycles. The van der Waals surface area contributed by atoms with Gasteiger partial charge in [-0.25, -0.2) is 9.50 Å². The second kappa shape index (κ2) is 7.42. The number of nitrogen functional groups attached to an aromatic ring is 1. The molecule has 9 nitrogen and oxygen atoms in total. The van der Waals surface area contributed by atoms with Crippen LogP contribution in [0, 0.1) is 0 Å². The average molecular weight is 439 g/mol. The van der Waals surface area contributed by atoms with E-state index in [0.29, 0.717) is 16.7 Å². The number of hydrogen-bond acceptors (Lipinski definition) is 6. The lowest BCUT2D eigenvalue weighted by molar-refractivity contribution is 0.0942. The van der Waals surface area contributed by atoms with Gasteiger partial charge in [0, 0.05) is 35.9 Å². The van der Waals surface area contributed by atoms with Crippen LogP contribution in [0.4, 0.5) is 11.5 Å². The van der Waals surface area contributed by atoms with Crippen molar-refractivity contribution in [3.8, 4) is 0 Å². The number of carbonyl (C=O) groups excluding carboxylic acids is 1. The summed E-state index contributed by atoms with van der Waals surface area (Å²) in [5, 5.41) is 16.0. The molecule has 1 saturated heterocycles. The van der Waals surface area contributed by atoms with Crippen molar-refractivity contribution in [2.45, 2.75) is 38.8 Å². The van der Waals surface area contributed by atoms with Crippen LogP contribution in [0.1, 0.15) is 48.7 Å². The third kappa shape index (κ3) is 3.16. The number of aromatic amines is 1. The molecule has 0 saturated carbocycles. The lowest BCUT2D eigenvalue weighted by atomic mass is 10.0. The summed E-state index contributed by atoms with van der Waals surface area (Å²) >= 11 is 6.57. The summed E-state index contributed by atoms with van der Waals surface area (Å²) in [5.41, 5.74) is 9.54. The van der Waals surface area contributed by atoms with Crippen LogP contribution in [-0.4, -0.2) is 43.3 Å². The molecule has 10 heteroatoms. The minimum absolute atomic E-state index is 0.138. The van der Waals surface area contributed by atoms with E-state index in [2.05, 4.69) is 37.4 Å². The summed E-state index contributed by atoms with van der Waals surface area (Å²) in [6.07, 6.45) is 7.28. The molecule has 1 aliphatic rings. The Labute approximate surface area is 183 Å². The first-order valence-electron chi connectivity index (χ1n) is 10.3. The van der Waals surface area contributed by atoms with Crippen molar-refractivity contribution in [1.29, 1.82) is 0 Å². The summed E-state index contributed by atoms with van der Waals surface area (Å²) in [6.45, 7) is 5.09. The van der Waals surface area contributed by atoms with Gasteiger partial charge in [0.1, 0.15) is 5.56 Å². The van der Waals surface area contributed by atoms with Gasteiger partial charge in [0.25, 0.3) is 5.91 Å². The van der Waals surface area contributed by atoms with E-state index in [1.54, 1.807) is 24.7 Å². The van der Waals surface area contributed by atoms with E-state index in [-0.39, 0.29) is 23.3 Å². The Morgan fingerprint density at radius 2 is 2.29 bits per heavy atom.